The lowest BCUT2D eigenvalue weighted by Gasteiger charge is -2.34. The lowest BCUT2D eigenvalue weighted by Crippen LogP contribution is -2.49. The molecule has 8 heteroatoms. The van der Waals surface area contributed by atoms with Crippen molar-refractivity contribution in [1.82, 2.24) is 0 Å². The van der Waals surface area contributed by atoms with Gasteiger partial charge in [-0.25, -0.2) is 13.2 Å². The van der Waals surface area contributed by atoms with E-state index in [1.165, 1.54) is 0 Å². The van der Waals surface area contributed by atoms with Crippen LogP contribution in [-0.4, -0.2) is 42.9 Å². The number of hydrogen-bond donors (Lipinski definition) is 0. The second-order valence-corrected chi connectivity index (χ2v) is 7.59. The van der Waals surface area contributed by atoms with Gasteiger partial charge in [0, 0.05) is 5.41 Å². The maximum Gasteiger partial charge on any atom is 0.351 e. The summed E-state index contributed by atoms with van der Waals surface area (Å²) < 4.78 is 41.6. The van der Waals surface area contributed by atoms with Gasteiger partial charge >= 0.3 is 11.9 Å². The standard InChI is InChI=1S/C12H18O7S/c1-10(2)11(3)4-5-12(10,19-8(11)13)9(14)18-6-7-20(15,16)17/h4-7H2,1-3H3,(H,15,16,17)/p-1. The third-order valence-electron chi connectivity index (χ3n) is 4.98. The van der Waals surface area contributed by atoms with Gasteiger partial charge in [0.2, 0.25) is 5.60 Å². The molecule has 1 saturated heterocycles. The first-order chi connectivity index (χ1) is 8.96. The molecule has 2 fully saturated rings. The van der Waals surface area contributed by atoms with Crippen LogP contribution in [0.3, 0.4) is 0 Å². The van der Waals surface area contributed by atoms with Gasteiger partial charge in [-0.2, -0.15) is 0 Å². The Balaban J connectivity index is 2.16. The molecule has 2 bridgehead atoms. The number of carbonyl (C=O) groups excluding carboxylic acids is 2. The van der Waals surface area contributed by atoms with Crippen LogP contribution in [0.2, 0.25) is 0 Å². The molecule has 0 amide bonds. The first-order valence-corrected chi connectivity index (χ1v) is 7.88. The fraction of sp³-hybridized carbons (Fsp3) is 0.833. The summed E-state index contributed by atoms with van der Waals surface area (Å²) in [7, 11) is -4.45. The Morgan fingerprint density at radius 3 is 2.35 bits per heavy atom. The van der Waals surface area contributed by atoms with E-state index in [0.29, 0.717) is 12.8 Å². The summed E-state index contributed by atoms with van der Waals surface area (Å²) in [5.74, 6) is -2.01. The third kappa shape index (κ3) is 1.85. The number of fused-ring (bicyclic) bond motifs is 2. The number of esters is 2. The zero-order chi connectivity index (χ0) is 15.4. The van der Waals surface area contributed by atoms with Crippen LogP contribution in [0, 0.1) is 10.8 Å². The van der Waals surface area contributed by atoms with Crippen LogP contribution in [0.15, 0.2) is 0 Å². The maximum atomic E-state index is 12.2. The fourth-order valence-corrected chi connectivity index (χ4v) is 3.34. The molecule has 7 nitrogen and oxygen atoms in total. The predicted molar refractivity (Wildman–Crippen MR) is 65.5 cm³/mol. The van der Waals surface area contributed by atoms with E-state index in [0.717, 1.165) is 0 Å². The van der Waals surface area contributed by atoms with Crippen molar-refractivity contribution < 1.29 is 32.0 Å². The van der Waals surface area contributed by atoms with Crippen molar-refractivity contribution in [1.29, 1.82) is 0 Å². The Labute approximate surface area is 117 Å². The second-order valence-electron chi connectivity index (χ2n) is 6.07. The van der Waals surface area contributed by atoms with Crippen LogP contribution in [0.25, 0.3) is 0 Å². The Morgan fingerprint density at radius 1 is 1.35 bits per heavy atom. The van der Waals surface area contributed by atoms with Gasteiger partial charge < -0.3 is 14.0 Å². The van der Waals surface area contributed by atoms with Gasteiger partial charge in [0.1, 0.15) is 6.61 Å². The highest BCUT2D eigenvalue weighted by Crippen LogP contribution is 2.65. The first kappa shape index (κ1) is 15.2. The van der Waals surface area contributed by atoms with Gasteiger partial charge in [-0.1, -0.05) is 13.8 Å². The average Bonchev–Trinajstić information content (AvgIpc) is 2.57. The van der Waals surface area contributed by atoms with Crippen LogP contribution < -0.4 is 0 Å². The molecule has 0 radical (unpaired) electrons. The molecule has 20 heavy (non-hydrogen) atoms. The summed E-state index contributed by atoms with van der Waals surface area (Å²) in [6.45, 7) is 4.74. The van der Waals surface area contributed by atoms with Crippen LogP contribution >= 0.6 is 0 Å². The lowest BCUT2D eigenvalue weighted by molar-refractivity contribution is -0.182. The minimum Gasteiger partial charge on any atom is -0.748 e. The summed E-state index contributed by atoms with van der Waals surface area (Å²) in [5, 5.41) is 0. The molecule has 2 rings (SSSR count). The molecule has 2 atom stereocenters. The summed E-state index contributed by atoms with van der Waals surface area (Å²) >= 11 is 0. The summed E-state index contributed by atoms with van der Waals surface area (Å²) in [4.78, 5) is 24.2. The van der Waals surface area contributed by atoms with Crippen LogP contribution in [-0.2, 0) is 29.2 Å². The van der Waals surface area contributed by atoms with Crippen molar-refractivity contribution in [3.05, 3.63) is 0 Å². The molecule has 0 aromatic heterocycles. The molecule has 1 heterocycles. The molecule has 0 N–H and O–H groups in total. The van der Waals surface area contributed by atoms with Crippen molar-refractivity contribution in [3.8, 4) is 0 Å². The molecule has 1 aliphatic carbocycles. The van der Waals surface area contributed by atoms with Crippen molar-refractivity contribution in [2.45, 2.75) is 39.2 Å². The van der Waals surface area contributed by atoms with Crippen LogP contribution in [0.4, 0.5) is 0 Å². The van der Waals surface area contributed by atoms with E-state index in [1.807, 2.05) is 0 Å². The molecule has 0 aromatic carbocycles. The third-order valence-corrected chi connectivity index (χ3v) is 5.65. The van der Waals surface area contributed by atoms with E-state index in [2.05, 4.69) is 0 Å². The minimum atomic E-state index is -4.45. The molecular formula is C12H17O7S-. The van der Waals surface area contributed by atoms with E-state index in [1.54, 1.807) is 20.8 Å². The number of rotatable bonds is 4. The minimum absolute atomic E-state index is 0.338. The predicted octanol–water partition coefficient (Wildman–Crippen LogP) is 0.197. The maximum absolute atomic E-state index is 12.2. The van der Waals surface area contributed by atoms with Crippen molar-refractivity contribution in [2.75, 3.05) is 12.4 Å². The van der Waals surface area contributed by atoms with E-state index in [-0.39, 0.29) is 0 Å². The summed E-state index contributed by atoms with van der Waals surface area (Å²) in [6.07, 6.45) is 0.846. The first-order valence-electron chi connectivity index (χ1n) is 6.31. The van der Waals surface area contributed by atoms with Crippen molar-refractivity contribution in [3.63, 3.8) is 0 Å². The zero-order valence-corrected chi connectivity index (χ0v) is 12.4. The molecule has 114 valence electrons. The van der Waals surface area contributed by atoms with Gasteiger partial charge in [0.15, 0.2) is 0 Å². The highest BCUT2D eigenvalue weighted by molar-refractivity contribution is 7.85. The summed E-state index contributed by atoms with van der Waals surface area (Å²) in [6, 6.07) is 0. The molecule has 2 aliphatic rings. The van der Waals surface area contributed by atoms with E-state index in [4.69, 9.17) is 9.47 Å². The summed E-state index contributed by atoms with van der Waals surface area (Å²) in [5.41, 5.74) is -2.88. The Morgan fingerprint density at radius 2 is 1.95 bits per heavy atom. The smallest absolute Gasteiger partial charge is 0.351 e. The molecule has 2 unspecified atom stereocenters. The van der Waals surface area contributed by atoms with Gasteiger partial charge in [0.25, 0.3) is 0 Å². The van der Waals surface area contributed by atoms with Gasteiger partial charge in [0.05, 0.1) is 21.3 Å². The largest absolute Gasteiger partial charge is 0.748 e. The van der Waals surface area contributed by atoms with E-state index >= 15 is 0 Å². The molecule has 0 spiro atoms. The fourth-order valence-electron chi connectivity index (χ4n) is 3.06. The molecule has 1 aliphatic heterocycles. The van der Waals surface area contributed by atoms with Gasteiger partial charge in [-0.05, 0) is 19.8 Å². The Kier molecular flexibility index (Phi) is 3.18. The second kappa shape index (κ2) is 4.17. The number of hydrogen-bond acceptors (Lipinski definition) is 7. The molecule has 0 aromatic rings. The van der Waals surface area contributed by atoms with Gasteiger partial charge in [-0.15, -0.1) is 0 Å². The van der Waals surface area contributed by atoms with Crippen molar-refractivity contribution in [2.24, 2.45) is 10.8 Å². The average molecular weight is 305 g/mol. The molecule has 1 saturated carbocycles. The SMILES string of the molecule is CC12CCC(C(=O)OCCS(=O)(=O)[O-])(OC1=O)C2(C)C. The highest BCUT2D eigenvalue weighted by atomic mass is 32.2. The quantitative estimate of drug-likeness (QED) is 0.539. The topological polar surface area (TPSA) is 110 Å². The zero-order valence-electron chi connectivity index (χ0n) is 11.6. The van der Waals surface area contributed by atoms with E-state index in [9.17, 15) is 22.6 Å². The number of carbonyl (C=O) groups is 2. The van der Waals surface area contributed by atoms with Crippen molar-refractivity contribution >= 4 is 22.1 Å². The van der Waals surface area contributed by atoms with Crippen LogP contribution in [0.1, 0.15) is 33.6 Å². The highest BCUT2D eigenvalue weighted by Gasteiger charge is 2.76. The van der Waals surface area contributed by atoms with E-state index < -0.39 is 50.8 Å². The van der Waals surface area contributed by atoms with Gasteiger partial charge in [-0.3, -0.25) is 4.79 Å². The monoisotopic (exact) mass is 305 g/mol. The molecular weight excluding hydrogens is 288 g/mol. The lowest BCUT2D eigenvalue weighted by atomic mass is 9.66. The normalized spacial score (nSPS) is 34.9. The number of ether oxygens (including phenoxy) is 2. The van der Waals surface area contributed by atoms with Crippen LogP contribution in [0.5, 0.6) is 0 Å². The Hall–Kier alpha value is -1.15. The Bertz CT molecular complexity index is 564.